The Labute approximate surface area is 802 Å². The molecular formula is C124H155BCl2N4. The molecular weight excluding hydrogens is 1630 g/mol. The Morgan fingerprint density at radius 1 is 0.191 bits per heavy atom. The zero-order valence-electron chi connectivity index (χ0n) is 86.5. The first kappa shape index (κ1) is 92.1. The molecule has 131 heavy (non-hydrogen) atoms. The first-order valence-corrected chi connectivity index (χ1v) is 51.5. The number of hydrogen-bond acceptors (Lipinski definition) is 4. The van der Waals surface area contributed by atoms with Crippen LogP contribution in [-0.4, -0.2) is 6.71 Å². The van der Waals surface area contributed by atoms with Gasteiger partial charge in [0.15, 0.2) is 0 Å². The van der Waals surface area contributed by atoms with Crippen LogP contribution in [0.5, 0.6) is 0 Å². The summed E-state index contributed by atoms with van der Waals surface area (Å²) in [5.41, 5.74) is 43.7. The molecule has 0 aromatic heterocycles. The molecule has 0 bridgehead atoms. The molecule has 0 fully saturated rings. The number of fused-ring (bicyclic) bond motifs is 12. The van der Waals surface area contributed by atoms with Gasteiger partial charge in [-0.15, -0.1) is 0 Å². The molecule has 4 nitrogen and oxygen atoms in total. The summed E-state index contributed by atoms with van der Waals surface area (Å²) in [6.45, 7) is 78.5. The zero-order valence-corrected chi connectivity index (χ0v) is 88.0. The van der Waals surface area contributed by atoms with E-state index >= 15 is 0 Å². The van der Waals surface area contributed by atoms with Crippen molar-refractivity contribution in [3.8, 4) is 0 Å². The fourth-order valence-electron chi connectivity index (χ4n) is 26.6. The van der Waals surface area contributed by atoms with Crippen molar-refractivity contribution in [1.82, 2.24) is 0 Å². The second-order valence-corrected chi connectivity index (χ2v) is 54.6. The van der Waals surface area contributed by atoms with Gasteiger partial charge >= 0.3 is 0 Å². The van der Waals surface area contributed by atoms with Crippen LogP contribution in [0, 0.1) is 0 Å². The van der Waals surface area contributed by atoms with Crippen molar-refractivity contribution in [3.63, 3.8) is 0 Å². The van der Waals surface area contributed by atoms with Crippen molar-refractivity contribution in [1.29, 1.82) is 0 Å². The lowest BCUT2D eigenvalue weighted by Gasteiger charge is -2.49. The largest absolute Gasteiger partial charge is 0.311 e. The summed E-state index contributed by atoms with van der Waals surface area (Å²) >= 11 is 15.2. The van der Waals surface area contributed by atoms with E-state index in [0.717, 1.165) is 21.4 Å². The van der Waals surface area contributed by atoms with Crippen molar-refractivity contribution < 1.29 is 0 Å². The Balaban J connectivity index is 0.000000170. The first-order chi connectivity index (χ1) is 60.6. The van der Waals surface area contributed by atoms with E-state index in [-0.39, 0.29) is 93.4 Å². The van der Waals surface area contributed by atoms with E-state index < -0.39 is 0 Å². The number of rotatable bonds is 8. The molecule has 10 aromatic carbocycles. The smallest absolute Gasteiger partial charge is 0.252 e. The van der Waals surface area contributed by atoms with Gasteiger partial charge in [0, 0.05) is 78.3 Å². The highest BCUT2D eigenvalue weighted by Gasteiger charge is 2.52. The molecule has 0 spiro atoms. The molecule has 688 valence electrons. The van der Waals surface area contributed by atoms with Gasteiger partial charge in [0.1, 0.15) is 0 Å². The molecule has 7 heteroatoms. The number of hydrogen-bond donors (Lipinski definition) is 0. The van der Waals surface area contributed by atoms with E-state index in [4.69, 9.17) is 23.2 Å². The summed E-state index contributed by atoms with van der Waals surface area (Å²) in [6, 6.07) is 66.5. The zero-order chi connectivity index (χ0) is 94.3. The first-order valence-electron chi connectivity index (χ1n) is 50.7. The predicted molar refractivity (Wildman–Crippen MR) is 569 cm³/mol. The average molecular weight is 1780 g/mol. The van der Waals surface area contributed by atoms with Gasteiger partial charge in [-0.25, -0.2) is 0 Å². The van der Waals surface area contributed by atoms with E-state index in [1.807, 2.05) is 0 Å². The summed E-state index contributed by atoms with van der Waals surface area (Å²) in [5.74, 6) is 0. The van der Waals surface area contributed by atoms with E-state index in [1.54, 1.807) is 0 Å². The van der Waals surface area contributed by atoms with Gasteiger partial charge in [0.2, 0.25) is 0 Å². The van der Waals surface area contributed by atoms with E-state index in [1.165, 1.54) is 265 Å². The van der Waals surface area contributed by atoms with Crippen molar-refractivity contribution in [2.75, 3.05) is 19.6 Å². The number of nitrogens with zero attached hydrogens (tertiary/aromatic N) is 4. The summed E-state index contributed by atoms with van der Waals surface area (Å²) in [6.07, 6.45) is 18.9. The van der Waals surface area contributed by atoms with Gasteiger partial charge in [-0.05, 0) is 410 Å². The third kappa shape index (κ3) is 15.0. The molecule has 2 heterocycles. The molecule has 10 aromatic rings. The lowest BCUT2D eigenvalue weighted by Crippen LogP contribution is -2.62. The Morgan fingerprint density at radius 2 is 0.382 bits per heavy atom. The van der Waals surface area contributed by atoms with E-state index in [0.29, 0.717) is 0 Å². The van der Waals surface area contributed by atoms with Gasteiger partial charge in [0.05, 0.1) is 0 Å². The van der Waals surface area contributed by atoms with Gasteiger partial charge in [-0.1, -0.05) is 293 Å². The average Bonchev–Trinajstić information content (AvgIpc) is 0.679. The summed E-state index contributed by atoms with van der Waals surface area (Å²) in [5, 5.41) is 1.51. The molecule has 0 radical (unpaired) electrons. The third-order valence-corrected chi connectivity index (χ3v) is 37.4. The number of anilines is 12. The summed E-state index contributed by atoms with van der Waals surface area (Å²) in [4.78, 5) is 10.3. The van der Waals surface area contributed by atoms with E-state index in [2.05, 4.69) is 405 Å². The van der Waals surface area contributed by atoms with Gasteiger partial charge < -0.3 is 19.6 Å². The van der Waals surface area contributed by atoms with Crippen LogP contribution < -0.4 is 36.0 Å². The molecule has 0 amide bonds. The standard InChI is InChI=1S/C62H76BClN2.C62H79ClN2/c1-55(2)21-23-57(5,6)42-31-38(17-19-40(42)55)65-50-35-46-44(59(9,10)25-27-61(46,13)14)33-48(50)63-49-34-45-47(62(15,16)28-26-60(45,11)12)36-51(49)66(53-30-37(64)29-52(65)54(53)63)39-18-20-41-43(32-39)58(7,8)24-22-56(41,3)4;1-55(2)25-29-59(9,10)51-36-41(17-21-47(51)55)64(42-18-22-48-52(37-42)60(11,12)30-26-56(48,3)4)45-33-40(63)34-46(35-45)65(43-19-23-49-53(38-43)61(13,14)31-27-57(49,5)6)44-20-24-50-54(39-44)62(15,16)32-28-58(50,7)8/h17-20,29-36H,21-28H2,1-16H3;17-24,33-39H,25-32H2,1-16H3. The summed E-state index contributed by atoms with van der Waals surface area (Å²) < 4.78 is 0. The molecule has 8 aliphatic carbocycles. The second-order valence-electron chi connectivity index (χ2n) is 53.7. The molecule has 0 saturated carbocycles. The SMILES string of the molecule is CC1(C)CCC(C)(C)c2cc(N(c3cc(Cl)cc(N(c4ccc5c(c4)C(C)(C)CCC5(C)C)c4ccc5c(c4)C(C)(C)CCC5(C)C)c3)c3ccc4c(c3)C(C)(C)CCC4(C)C)ccc21.CC1(C)CCC(C)(C)c2cc(N3c4cc5c(cc4B4c6cc7c(cc6N(c6ccc8c(c6)C(C)(C)CCC8(C)C)c6cc(Cl)cc3c64)C(C)(C)CCC7(C)C)C(C)(C)CCC5(C)C)ccc21. The maximum Gasteiger partial charge on any atom is 0.252 e. The van der Waals surface area contributed by atoms with Crippen LogP contribution in [0.15, 0.2) is 164 Å². The lowest BCUT2D eigenvalue weighted by molar-refractivity contribution is 0.332. The van der Waals surface area contributed by atoms with Crippen LogP contribution in [-0.2, 0) is 86.6 Å². The van der Waals surface area contributed by atoms with Crippen molar-refractivity contribution in [2.24, 2.45) is 0 Å². The van der Waals surface area contributed by atoms with Crippen LogP contribution in [0.2, 0.25) is 10.0 Å². The third-order valence-electron chi connectivity index (χ3n) is 36.9. The molecule has 2 aliphatic heterocycles. The summed E-state index contributed by atoms with van der Waals surface area (Å²) in [7, 11) is 0. The van der Waals surface area contributed by atoms with Crippen molar-refractivity contribution in [3.05, 3.63) is 263 Å². The fraction of sp³-hybridized carbons (Fsp3) is 0.516. The number of halogens is 2. The van der Waals surface area contributed by atoms with Crippen molar-refractivity contribution in [2.45, 2.75) is 411 Å². The fourth-order valence-corrected chi connectivity index (χ4v) is 27.1. The van der Waals surface area contributed by atoms with Crippen LogP contribution in [0.25, 0.3) is 0 Å². The van der Waals surface area contributed by atoms with Gasteiger partial charge in [-0.3, -0.25) is 0 Å². The highest BCUT2D eigenvalue weighted by atomic mass is 35.5. The van der Waals surface area contributed by atoms with E-state index in [9.17, 15) is 0 Å². The van der Waals surface area contributed by atoms with Crippen molar-refractivity contribution >= 4 is 115 Å². The topological polar surface area (TPSA) is 13.0 Å². The Hall–Kier alpha value is -7.96. The monoisotopic (exact) mass is 1780 g/mol. The quantitative estimate of drug-likeness (QED) is 0.141. The van der Waals surface area contributed by atoms with Gasteiger partial charge in [0.25, 0.3) is 6.71 Å². The molecule has 0 N–H and O–H groups in total. The van der Waals surface area contributed by atoms with Gasteiger partial charge in [-0.2, -0.15) is 0 Å². The Kier molecular flexibility index (Phi) is 20.9. The maximum atomic E-state index is 7.63. The van der Waals surface area contributed by atoms with Crippen LogP contribution in [0.4, 0.5) is 68.2 Å². The highest BCUT2D eigenvalue weighted by Crippen LogP contribution is 2.61. The maximum absolute atomic E-state index is 7.63. The molecule has 0 atom stereocenters. The second kappa shape index (κ2) is 29.8. The Bertz CT molecular complexity index is 5850. The minimum atomic E-state index is 0.0306. The highest BCUT2D eigenvalue weighted by molar-refractivity contribution is 7.00. The minimum Gasteiger partial charge on any atom is -0.311 e. The lowest BCUT2D eigenvalue weighted by atomic mass is 9.32. The number of benzene rings is 10. The van der Waals surface area contributed by atoms with Crippen LogP contribution in [0.1, 0.15) is 413 Å². The van der Waals surface area contributed by atoms with Crippen LogP contribution in [0.3, 0.4) is 0 Å². The Morgan fingerprint density at radius 3 is 0.618 bits per heavy atom. The molecule has 20 rings (SSSR count). The minimum absolute atomic E-state index is 0.0306. The molecule has 10 aliphatic rings. The normalized spacial score (nSPS) is 22.7. The molecule has 0 saturated heterocycles. The predicted octanol–water partition coefficient (Wildman–Crippen LogP) is 34.5. The molecule has 0 unspecified atom stereocenters. The van der Waals surface area contributed by atoms with Crippen LogP contribution >= 0.6 is 23.2 Å².